The third-order valence-corrected chi connectivity index (χ3v) is 6.76. The second kappa shape index (κ2) is 10.1. The van der Waals surface area contributed by atoms with E-state index in [4.69, 9.17) is 9.47 Å². The zero-order valence-electron chi connectivity index (χ0n) is 18.1. The molecule has 2 aromatic carbocycles. The first-order valence-corrected chi connectivity index (χ1v) is 11.6. The van der Waals surface area contributed by atoms with E-state index in [2.05, 4.69) is 9.62 Å². The fourth-order valence-electron chi connectivity index (χ4n) is 3.53. The van der Waals surface area contributed by atoms with Gasteiger partial charge >= 0.3 is 0 Å². The van der Waals surface area contributed by atoms with Crippen LogP contribution in [-0.2, 0) is 26.1 Å². The van der Waals surface area contributed by atoms with Crippen molar-refractivity contribution in [3.8, 4) is 5.75 Å². The summed E-state index contributed by atoms with van der Waals surface area (Å²) < 4.78 is 38.2. The van der Waals surface area contributed by atoms with Gasteiger partial charge in [0.25, 0.3) is 0 Å². The summed E-state index contributed by atoms with van der Waals surface area (Å²) >= 11 is 0. The molecule has 0 radical (unpaired) electrons. The number of benzene rings is 2. The summed E-state index contributed by atoms with van der Waals surface area (Å²) in [5, 5.41) is 0. The van der Waals surface area contributed by atoms with Crippen molar-refractivity contribution in [3.63, 3.8) is 0 Å². The molecule has 3 rings (SSSR count). The number of morpholine rings is 1. The molecule has 1 saturated heterocycles. The van der Waals surface area contributed by atoms with Gasteiger partial charge in [-0.05, 0) is 42.8 Å². The maximum Gasteiger partial charge on any atom is 0.241 e. The molecule has 1 fully saturated rings. The Morgan fingerprint density at radius 1 is 1.16 bits per heavy atom. The Morgan fingerprint density at radius 3 is 2.45 bits per heavy atom. The van der Waals surface area contributed by atoms with E-state index in [0.29, 0.717) is 25.5 Å². The van der Waals surface area contributed by atoms with Gasteiger partial charge < -0.3 is 19.3 Å². The Balaban J connectivity index is 1.67. The van der Waals surface area contributed by atoms with Crippen LogP contribution in [0.25, 0.3) is 0 Å². The number of likely N-dealkylation sites (N-methyl/N-ethyl adjacent to an activating group) is 1. The summed E-state index contributed by atoms with van der Waals surface area (Å²) in [6.07, 6.45) is 0. The summed E-state index contributed by atoms with van der Waals surface area (Å²) in [6, 6.07) is 13.0. The van der Waals surface area contributed by atoms with Crippen molar-refractivity contribution in [1.29, 1.82) is 0 Å². The van der Waals surface area contributed by atoms with Crippen LogP contribution < -0.4 is 14.4 Å². The number of sulfonamides is 1. The van der Waals surface area contributed by atoms with Crippen LogP contribution in [0.1, 0.15) is 12.5 Å². The average molecular weight is 448 g/mol. The number of carbonyl (C=O) groups excluding carboxylic acids is 1. The molecule has 0 spiro atoms. The number of carbonyl (C=O) groups is 1. The highest BCUT2D eigenvalue weighted by Gasteiger charge is 2.25. The maximum atomic E-state index is 12.9. The molecule has 2 aromatic rings. The topological polar surface area (TPSA) is 88.2 Å². The van der Waals surface area contributed by atoms with E-state index in [0.717, 1.165) is 24.3 Å². The Morgan fingerprint density at radius 2 is 1.81 bits per heavy atom. The Bertz CT molecular complexity index is 988. The molecule has 8 nitrogen and oxygen atoms in total. The fourth-order valence-corrected chi connectivity index (χ4v) is 4.72. The molecule has 1 aliphatic heterocycles. The van der Waals surface area contributed by atoms with Crippen molar-refractivity contribution in [2.24, 2.45) is 0 Å². The lowest BCUT2D eigenvalue weighted by atomic mass is 10.1. The number of nitrogens with zero attached hydrogens (tertiary/aromatic N) is 2. The van der Waals surface area contributed by atoms with Gasteiger partial charge in [-0.3, -0.25) is 4.79 Å². The molecule has 1 heterocycles. The van der Waals surface area contributed by atoms with Gasteiger partial charge in [0.15, 0.2) is 0 Å². The summed E-state index contributed by atoms with van der Waals surface area (Å²) in [4.78, 5) is 16.8. The summed E-state index contributed by atoms with van der Waals surface area (Å²) in [5.74, 6) is 0.246. The standard InChI is InChI=1S/C22H29N3O5S/c1-17(23-31(27,28)20-10-8-19(29-3)9-11-20)22(26)24(2)16-18-6-4-5-7-21(18)25-12-14-30-15-13-25/h4-11,17,23H,12-16H2,1-3H3/t17-/m0/s1. The third-order valence-electron chi connectivity index (χ3n) is 5.20. The number of nitrogens with one attached hydrogen (secondary N) is 1. The Labute approximate surface area is 183 Å². The van der Waals surface area contributed by atoms with Crippen molar-refractivity contribution in [3.05, 3.63) is 54.1 Å². The number of para-hydroxylation sites is 1. The van der Waals surface area contributed by atoms with Crippen LogP contribution in [0.4, 0.5) is 5.69 Å². The van der Waals surface area contributed by atoms with Crippen LogP contribution in [0, 0.1) is 0 Å². The second-order valence-corrected chi connectivity index (χ2v) is 9.15. The lowest BCUT2D eigenvalue weighted by Gasteiger charge is -2.31. The lowest BCUT2D eigenvalue weighted by Crippen LogP contribution is -2.45. The first-order valence-electron chi connectivity index (χ1n) is 10.1. The number of amides is 1. The normalized spacial score (nSPS) is 15.4. The predicted molar refractivity (Wildman–Crippen MR) is 119 cm³/mol. The number of anilines is 1. The first kappa shape index (κ1) is 23.1. The van der Waals surface area contributed by atoms with E-state index in [-0.39, 0.29) is 10.8 Å². The Kier molecular flexibility index (Phi) is 7.53. The van der Waals surface area contributed by atoms with Crippen molar-refractivity contribution in [2.75, 3.05) is 45.4 Å². The van der Waals surface area contributed by atoms with Crippen LogP contribution in [0.15, 0.2) is 53.4 Å². The quantitative estimate of drug-likeness (QED) is 0.665. The fraction of sp³-hybridized carbons (Fsp3) is 0.409. The SMILES string of the molecule is COc1ccc(S(=O)(=O)N[C@@H](C)C(=O)N(C)Cc2ccccc2N2CCOCC2)cc1. The first-order chi connectivity index (χ1) is 14.8. The average Bonchev–Trinajstić information content (AvgIpc) is 2.79. The molecule has 0 saturated carbocycles. The minimum absolute atomic E-state index is 0.0771. The molecule has 0 unspecified atom stereocenters. The highest BCUT2D eigenvalue weighted by Crippen LogP contribution is 2.23. The molecule has 0 aliphatic carbocycles. The molecule has 168 valence electrons. The molecule has 0 aromatic heterocycles. The molecule has 1 amide bonds. The van der Waals surface area contributed by atoms with Crippen molar-refractivity contribution < 1.29 is 22.7 Å². The molecule has 1 N–H and O–H groups in total. The largest absolute Gasteiger partial charge is 0.497 e. The van der Waals surface area contributed by atoms with Crippen LogP contribution in [0.2, 0.25) is 0 Å². The van der Waals surface area contributed by atoms with Gasteiger partial charge in [0.05, 0.1) is 31.3 Å². The van der Waals surface area contributed by atoms with E-state index in [1.54, 1.807) is 31.0 Å². The Hall–Kier alpha value is -2.62. The van der Waals surface area contributed by atoms with Gasteiger partial charge in [0.2, 0.25) is 15.9 Å². The molecule has 31 heavy (non-hydrogen) atoms. The number of methoxy groups -OCH3 is 1. The molecule has 1 aliphatic rings. The summed E-state index contributed by atoms with van der Waals surface area (Å²) in [5.41, 5.74) is 2.07. The maximum absolute atomic E-state index is 12.9. The van der Waals surface area contributed by atoms with Crippen LogP contribution in [0.3, 0.4) is 0 Å². The minimum atomic E-state index is -3.84. The van der Waals surface area contributed by atoms with Gasteiger partial charge in [-0.1, -0.05) is 18.2 Å². The van der Waals surface area contributed by atoms with Crippen LogP contribution in [0.5, 0.6) is 5.75 Å². The molecular formula is C22H29N3O5S. The van der Waals surface area contributed by atoms with E-state index < -0.39 is 16.1 Å². The zero-order valence-corrected chi connectivity index (χ0v) is 18.9. The van der Waals surface area contributed by atoms with Crippen molar-refractivity contribution >= 4 is 21.6 Å². The molecule has 0 bridgehead atoms. The monoisotopic (exact) mass is 447 g/mol. The van der Waals surface area contributed by atoms with Gasteiger partial charge in [0, 0.05) is 32.4 Å². The highest BCUT2D eigenvalue weighted by atomic mass is 32.2. The smallest absolute Gasteiger partial charge is 0.241 e. The molecular weight excluding hydrogens is 418 g/mol. The number of hydrogen-bond acceptors (Lipinski definition) is 6. The van der Waals surface area contributed by atoms with E-state index in [1.165, 1.54) is 19.2 Å². The lowest BCUT2D eigenvalue weighted by molar-refractivity contribution is -0.131. The van der Waals surface area contributed by atoms with Gasteiger partial charge in [-0.25, -0.2) is 8.42 Å². The number of hydrogen-bond donors (Lipinski definition) is 1. The van der Waals surface area contributed by atoms with Crippen LogP contribution in [-0.4, -0.2) is 65.7 Å². The van der Waals surface area contributed by atoms with Gasteiger partial charge in [0.1, 0.15) is 5.75 Å². The predicted octanol–water partition coefficient (Wildman–Crippen LogP) is 1.86. The summed E-state index contributed by atoms with van der Waals surface area (Å²) in [7, 11) is -0.650. The second-order valence-electron chi connectivity index (χ2n) is 7.44. The van der Waals surface area contributed by atoms with Crippen molar-refractivity contribution in [1.82, 2.24) is 9.62 Å². The minimum Gasteiger partial charge on any atom is -0.497 e. The van der Waals surface area contributed by atoms with Gasteiger partial charge in [-0.15, -0.1) is 0 Å². The van der Waals surface area contributed by atoms with Crippen LogP contribution >= 0.6 is 0 Å². The molecule has 9 heteroatoms. The highest BCUT2D eigenvalue weighted by molar-refractivity contribution is 7.89. The third kappa shape index (κ3) is 5.75. The number of ether oxygens (including phenoxy) is 2. The zero-order chi connectivity index (χ0) is 22.4. The number of rotatable bonds is 8. The van der Waals surface area contributed by atoms with E-state index >= 15 is 0 Å². The summed E-state index contributed by atoms with van der Waals surface area (Å²) in [6.45, 7) is 4.87. The van der Waals surface area contributed by atoms with E-state index in [1.807, 2.05) is 24.3 Å². The van der Waals surface area contributed by atoms with Crippen molar-refractivity contribution in [2.45, 2.75) is 24.4 Å². The molecule has 1 atom stereocenters. The van der Waals surface area contributed by atoms with Gasteiger partial charge in [-0.2, -0.15) is 4.72 Å². The van der Waals surface area contributed by atoms with E-state index in [9.17, 15) is 13.2 Å².